The first-order valence-corrected chi connectivity index (χ1v) is 10.3. The molecular formula is C22H29BrN2O2. The van der Waals surface area contributed by atoms with E-state index in [1.165, 1.54) is 11.3 Å². The highest BCUT2D eigenvalue weighted by Crippen LogP contribution is 2.28. The lowest BCUT2D eigenvalue weighted by Gasteiger charge is -2.21. The first-order valence-electron chi connectivity index (χ1n) is 9.47. The van der Waals surface area contributed by atoms with E-state index in [4.69, 9.17) is 4.74 Å². The van der Waals surface area contributed by atoms with Gasteiger partial charge in [0.1, 0.15) is 5.75 Å². The summed E-state index contributed by atoms with van der Waals surface area (Å²) >= 11 is 3.51. The molecule has 5 heteroatoms. The summed E-state index contributed by atoms with van der Waals surface area (Å²) in [6.07, 6.45) is 0. The van der Waals surface area contributed by atoms with E-state index in [0.717, 1.165) is 23.1 Å². The van der Waals surface area contributed by atoms with Crippen molar-refractivity contribution in [1.29, 1.82) is 0 Å². The number of halogens is 1. The molecule has 0 spiro atoms. The summed E-state index contributed by atoms with van der Waals surface area (Å²) in [4.78, 5) is 14.4. The molecule has 0 unspecified atom stereocenters. The maximum atomic E-state index is 12.1. The summed E-state index contributed by atoms with van der Waals surface area (Å²) in [5, 5.41) is 2.90. The van der Waals surface area contributed by atoms with E-state index in [0.29, 0.717) is 18.2 Å². The maximum Gasteiger partial charge on any atom is 0.258 e. The highest BCUT2D eigenvalue weighted by atomic mass is 79.9. The molecule has 27 heavy (non-hydrogen) atoms. The summed E-state index contributed by atoms with van der Waals surface area (Å²) < 4.78 is 6.50. The second kappa shape index (κ2) is 10.4. The van der Waals surface area contributed by atoms with E-state index < -0.39 is 0 Å². The zero-order valence-corrected chi connectivity index (χ0v) is 18.2. The van der Waals surface area contributed by atoms with Crippen LogP contribution in [0.25, 0.3) is 0 Å². The molecule has 0 aliphatic carbocycles. The minimum Gasteiger partial charge on any atom is -0.483 e. The third-order valence-corrected chi connectivity index (χ3v) is 5.16. The highest BCUT2D eigenvalue weighted by Gasteiger charge is 2.08. The molecular weight excluding hydrogens is 404 g/mol. The fourth-order valence-electron chi connectivity index (χ4n) is 2.80. The molecule has 0 saturated carbocycles. The van der Waals surface area contributed by atoms with E-state index in [-0.39, 0.29) is 12.5 Å². The average Bonchev–Trinajstić information content (AvgIpc) is 2.67. The Hall–Kier alpha value is -2.01. The third-order valence-electron chi connectivity index (χ3n) is 4.54. The van der Waals surface area contributed by atoms with Gasteiger partial charge >= 0.3 is 0 Å². The van der Waals surface area contributed by atoms with Crippen LogP contribution in [0.15, 0.2) is 46.9 Å². The monoisotopic (exact) mass is 432 g/mol. The average molecular weight is 433 g/mol. The number of amides is 1. The van der Waals surface area contributed by atoms with Crippen molar-refractivity contribution in [3.05, 3.63) is 58.1 Å². The molecule has 0 radical (unpaired) electrons. The molecule has 1 N–H and O–H groups in total. The minimum atomic E-state index is -0.136. The van der Waals surface area contributed by atoms with Crippen LogP contribution in [-0.2, 0) is 11.3 Å². The number of anilines is 1. The van der Waals surface area contributed by atoms with Crippen molar-refractivity contribution in [2.24, 2.45) is 0 Å². The second-order valence-corrected chi connectivity index (χ2v) is 7.60. The molecule has 0 aromatic heterocycles. The molecule has 2 aromatic rings. The van der Waals surface area contributed by atoms with E-state index in [2.05, 4.69) is 78.1 Å². The molecule has 2 aromatic carbocycles. The van der Waals surface area contributed by atoms with Gasteiger partial charge in [0.2, 0.25) is 0 Å². The number of carbonyl (C=O) groups excluding carboxylic acids is 1. The van der Waals surface area contributed by atoms with E-state index >= 15 is 0 Å². The van der Waals surface area contributed by atoms with Gasteiger partial charge in [-0.2, -0.15) is 0 Å². The number of ether oxygens (including phenoxy) is 1. The van der Waals surface area contributed by atoms with Gasteiger partial charge in [-0.1, -0.05) is 32.0 Å². The van der Waals surface area contributed by atoms with Crippen molar-refractivity contribution in [2.45, 2.75) is 40.2 Å². The van der Waals surface area contributed by atoms with Crippen molar-refractivity contribution >= 4 is 27.5 Å². The van der Waals surface area contributed by atoms with Crippen LogP contribution in [0.4, 0.5) is 5.69 Å². The lowest BCUT2D eigenvalue weighted by molar-refractivity contribution is -0.123. The summed E-state index contributed by atoms with van der Waals surface area (Å²) in [7, 11) is 0. The molecule has 0 fully saturated rings. The summed E-state index contributed by atoms with van der Waals surface area (Å²) in [6, 6.07) is 14.3. The van der Waals surface area contributed by atoms with Crippen molar-refractivity contribution in [3.8, 4) is 5.75 Å². The standard InChI is InChI=1S/C22H29BrN2O2/c1-5-25(6-2)19-10-7-17(8-11-19)14-24-22(26)15-27-21-12-9-18(16(3)4)13-20(21)23/h7-13,16H,5-6,14-15H2,1-4H3,(H,24,26). The van der Waals surface area contributed by atoms with Crippen LogP contribution in [0.3, 0.4) is 0 Å². The lowest BCUT2D eigenvalue weighted by Crippen LogP contribution is -2.28. The molecule has 0 saturated heterocycles. The molecule has 2 rings (SSSR count). The molecule has 4 nitrogen and oxygen atoms in total. The lowest BCUT2D eigenvalue weighted by atomic mass is 10.0. The predicted molar refractivity (Wildman–Crippen MR) is 116 cm³/mol. The molecule has 0 heterocycles. The molecule has 0 bridgehead atoms. The van der Waals surface area contributed by atoms with Crippen LogP contribution in [0.1, 0.15) is 44.7 Å². The SMILES string of the molecule is CCN(CC)c1ccc(CNC(=O)COc2ccc(C(C)C)cc2Br)cc1. The smallest absolute Gasteiger partial charge is 0.258 e. The van der Waals surface area contributed by atoms with Gasteiger partial charge in [0.15, 0.2) is 6.61 Å². The zero-order valence-electron chi connectivity index (χ0n) is 16.6. The van der Waals surface area contributed by atoms with Gasteiger partial charge in [0.05, 0.1) is 4.47 Å². The van der Waals surface area contributed by atoms with E-state index in [1.54, 1.807) is 0 Å². The fourth-order valence-corrected chi connectivity index (χ4v) is 3.31. The maximum absolute atomic E-state index is 12.1. The van der Waals surface area contributed by atoms with Crippen LogP contribution in [0.5, 0.6) is 5.75 Å². The van der Waals surface area contributed by atoms with E-state index in [1.807, 2.05) is 18.2 Å². The van der Waals surface area contributed by atoms with Crippen LogP contribution in [0.2, 0.25) is 0 Å². The topological polar surface area (TPSA) is 41.6 Å². The first-order chi connectivity index (χ1) is 12.9. The van der Waals surface area contributed by atoms with Crippen LogP contribution in [-0.4, -0.2) is 25.6 Å². The number of hydrogen-bond donors (Lipinski definition) is 1. The zero-order chi connectivity index (χ0) is 19.8. The molecule has 146 valence electrons. The predicted octanol–water partition coefficient (Wildman–Crippen LogP) is 5.11. The molecule has 0 atom stereocenters. The highest BCUT2D eigenvalue weighted by molar-refractivity contribution is 9.10. The largest absolute Gasteiger partial charge is 0.483 e. The van der Waals surface area contributed by atoms with Gasteiger partial charge in [-0.05, 0) is 71.1 Å². The Kier molecular flexibility index (Phi) is 8.17. The Bertz CT molecular complexity index is 740. The Balaban J connectivity index is 1.83. The number of nitrogens with zero attached hydrogens (tertiary/aromatic N) is 1. The summed E-state index contributed by atoms with van der Waals surface area (Å²) in [5.74, 6) is 0.993. The Morgan fingerprint density at radius 3 is 2.33 bits per heavy atom. The van der Waals surface area contributed by atoms with Gasteiger partial charge in [0.25, 0.3) is 5.91 Å². The summed E-state index contributed by atoms with van der Waals surface area (Å²) in [6.45, 7) is 11.0. The fraction of sp³-hybridized carbons (Fsp3) is 0.409. The Morgan fingerprint density at radius 2 is 1.78 bits per heavy atom. The van der Waals surface area contributed by atoms with Crippen LogP contribution < -0.4 is 15.0 Å². The minimum absolute atomic E-state index is 0.00282. The quantitative estimate of drug-likeness (QED) is 0.597. The number of hydrogen-bond acceptors (Lipinski definition) is 3. The Labute approximate surface area is 171 Å². The van der Waals surface area contributed by atoms with Crippen molar-refractivity contribution in [3.63, 3.8) is 0 Å². The van der Waals surface area contributed by atoms with Gasteiger partial charge < -0.3 is 15.0 Å². The number of benzene rings is 2. The number of carbonyl (C=O) groups is 1. The van der Waals surface area contributed by atoms with Gasteiger partial charge in [-0.25, -0.2) is 0 Å². The molecule has 1 amide bonds. The molecule has 0 aliphatic rings. The second-order valence-electron chi connectivity index (χ2n) is 6.75. The van der Waals surface area contributed by atoms with Gasteiger partial charge in [0, 0.05) is 25.3 Å². The Morgan fingerprint density at radius 1 is 1.11 bits per heavy atom. The van der Waals surface area contributed by atoms with Crippen LogP contribution in [0, 0.1) is 0 Å². The van der Waals surface area contributed by atoms with Crippen molar-refractivity contribution in [2.75, 3.05) is 24.6 Å². The first kappa shape index (κ1) is 21.3. The normalized spacial score (nSPS) is 10.7. The van der Waals surface area contributed by atoms with Crippen LogP contribution >= 0.6 is 15.9 Å². The number of nitrogens with one attached hydrogen (secondary N) is 1. The third kappa shape index (κ3) is 6.28. The van der Waals surface area contributed by atoms with Gasteiger partial charge in [-0.15, -0.1) is 0 Å². The van der Waals surface area contributed by atoms with E-state index in [9.17, 15) is 4.79 Å². The van der Waals surface area contributed by atoms with Gasteiger partial charge in [-0.3, -0.25) is 4.79 Å². The molecule has 0 aliphatic heterocycles. The number of rotatable bonds is 9. The van der Waals surface area contributed by atoms with Crippen molar-refractivity contribution < 1.29 is 9.53 Å². The summed E-state index contributed by atoms with van der Waals surface area (Å²) in [5.41, 5.74) is 3.50. The van der Waals surface area contributed by atoms with Crippen molar-refractivity contribution in [1.82, 2.24) is 5.32 Å².